The fraction of sp³-hybridized carbons (Fsp3) is 0.500. The first kappa shape index (κ1) is 12.1. The van der Waals surface area contributed by atoms with Crippen molar-refractivity contribution in [3.05, 3.63) is 29.1 Å². The molecule has 0 amide bonds. The van der Waals surface area contributed by atoms with Crippen molar-refractivity contribution >= 4 is 11.9 Å². The minimum Gasteiger partial charge on any atom is -0.464 e. The molecule has 1 aliphatic carbocycles. The molecular weight excluding hydrogens is 246 g/mol. The summed E-state index contributed by atoms with van der Waals surface area (Å²) in [5.74, 6) is -0.864. The minimum atomic E-state index is -0.584. The molecule has 0 N–H and O–H groups in total. The topological polar surface area (TPSA) is 65.5 Å². The van der Waals surface area contributed by atoms with E-state index in [9.17, 15) is 9.59 Å². The van der Waals surface area contributed by atoms with Crippen LogP contribution in [-0.4, -0.2) is 29.6 Å². The number of cyclic esters (lactones) is 1. The van der Waals surface area contributed by atoms with Crippen LogP contribution in [-0.2, 0) is 14.9 Å². The van der Waals surface area contributed by atoms with Crippen LogP contribution in [0.1, 0.15) is 53.2 Å². The SMILES string of the molecule is COC(=O)c1ccc2c(n1)C1(CC1)C(C)(C)OC2=O. The van der Waals surface area contributed by atoms with Gasteiger partial charge >= 0.3 is 11.9 Å². The number of hydrogen-bond acceptors (Lipinski definition) is 5. The second-order valence-electron chi connectivity index (χ2n) is 5.57. The van der Waals surface area contributed by atoms with Gasteiger partial charge in [0.2, 0.25) is 0 Å². The Morgan fingerprint density at radius 2 is 2.05 bits per heavy atom. The first-order valence-electron chi connectivity index (χ1n) is 6.24. The molecule has 5 nitrogen and oxygen atoms in total. The van der Waals surface area contributed by atoms with Crippen molar-refractivity contribution < 1.29 is 19.1 Å². The van der Waals surface area contributed by atoms with Gasteiger partial charge in [0.15, 0.2) is 0 Å². The number of rotatable bonds is 1. The molecule has 0 saturated heterocycles. The molecule has 1 aliphatic heterocycles. The number of hydrogen-bond donors (Lipinski definition) is 0. The van der Waals surface area contributed by atoms with E-state index in [4.69, 9.17) is 4.74 Å². The van der Waals surface area contributed by atoms with Crippen molar-refractivity contribution in [3.63, 3.8) is 0 Å². The molecule has 3 rings (SSSR count). The lowest BCUT2D eigenvalue weighted by molar-refractivity contribution is -0.0286. The highest BCUT2D eigenvalue weighted by molar-refractivity contribution is 5.95. The summed E-state index contributed by atoms with van der Waals surface area (Å²) in [6.45, 7) is 3.79. The van der Waals surface area contributed by atoms with Gasteiger partial charge in [-0.05, 0) is 38.8 Å². The van der Waals surface area contributed by atoms with E-state index in [0.29, 0.717) is 11.3 Å². The molecule has 0 atom stereocenters. The average molecular weight is 261 g/mol. The van der Waals surface area contributed by atoms with Crippen molar-refractivity contribution in [1.82, 2.24) is 4.98 Å². The predicted octanol–water partition coefficient (Wildman–Crippen LogP) is 1.85. The van der Waals surface area contributed by atoms with E-state index < -0.39 is 11.6 Å². The Hall–Kier alpha value is -1.91. The van der Waals surface area contributed by atoms with E-state index in [2.05, 4.69) is 9.72 Å². The highest BCUT2D eigenvalue weighted by Gasteiger charge is 2.63. The number of pyridine rings is 1. The van der Waals surface area contributed by atoms with Crippen LogP contribution in [0, 0.1) is 0 Å². The van der Waals surface area contributed by atoms with E-state index in [1.807, 2.05) is 13.8 Å². The van der Waals surface area contributed by atoms with E-state index in [1.54, 1.807) is 6.07 Å². The monoisotopic (exact) mass is 261 g/mol. The lowest BCUT2D eigenvalue weighted by atomic mass is 9.79. The van der Waals surface area contributed by atoms with Crippen molar-refractivity contribution in [2.75, 3.05) is 7.11 Å². The zero-order chi connectivity index (χ0) is 13.8. The zero-order valence-electron chi connectivity index (χ0n) is 11.1. The quantitative estimate of drug-likeness (QED) is 0.722. The third-order valence-electron chi connectivity index (χ3n) is 4.21. The summed E-state index contributed by atoms with van der Waals surface area (Å²) >= 11 is 0. The van der Waals surface area contributed by atoms with Crippen molar-refractivity contribution in [1.29, 1.82) is 0 Å². The zero-order valence-corrected chi connectivity index (χ0v) is 11.1. The fourth-order valence-electron chi connectivity index (χ4n) is 2.84. The summed E-state index contributed by atoms with van der Waals surface area (Å²) in [6, 6.07) is 3.10. The van der Waals surface area contributed by atoms with Crippen LogP contribution in [0.5, 0.6) is 0 Å². The molecule has 0 aromatic carbocycles. The van der Waals surface area contributed by atoms with Gasteiger partial charge in [0.05, 0.1) is 23.8 Å². The Labute approximate surface area is 110 Å². The summed E-state index contributed by atoms with van der Waals surface area (Å²) in [5.41, 5.74) is 0.540. The molecular formula is C14H15NO4. The van der Waals surface area contributed by atoms with Gasteiger partial charge in [-0.15, -0.1) is 0 Å². The highest BCUT2D eigenvalue weighted by Crippen LogP contribution is 2.59. The summed E-state index contributed by atoms with van der Waals surface area (Å²) in [7, 11) is 1.31. The summed E-state index contributed by atoms with van der Waals surface area (Å²) in [5, 5.41) is 0. The van der Waals surface area contributed by atoms with E-state index in [0.717, 1.165) is 12.8 Å². The van der Waals surface area contributed by atoms with Crippen LogP contribution in [0.4, 0.5) is 0 Å². The summed E-state index contributed by atoms with van der Waals surface area (Å²) in [4.78, 5) is 27.9. The van der Waals surface area contributed by atoms with E-state index in [1.165, 1.54) is 13.2 Å². The number of ether oxygens (including phenoxy) is 2. The van der Waals surface area contributed by atoms with Gasteiger partial charge in [-0.2, -0.15) is 0 Å². The average Bonchev–Trinajstić information content (AvgIpc) is 3.17. The molecule has 0 radical (unpaired) electrons. The Bertz CT molecular complexity index is 587. The molecule has 1 spiro atoms. The Kier molecular flexibility index (Phi) is 2.27. The van der Waals surface area contributed by atoms with Crippen molar-refractivity contribution in [2.24, 2.45) is 0 Å². The lowest BCUT2D eigenvalue weighted by Gasteiger charge is -2.39. The van der Waals surface area contributed by atoms with Crippen LogP contribution in [0.25, 0.3) is 0 Å². The second-order valence-corrected chi connectivity index (χ2v) is 5.57. The molecule has 1 fully saturated rings. The van der Waals surface area contributed by atoms with Gasteiger partial charge in [0.25, 0.3) is 0 Å². The number of esters is 2. The van der Waals surface area contributed by atoms with E-state index in [-0.39, 0.29) is 17.1 Å². The second kappa shape index (κ2) is 3.56. The number of carbonyl (C=O) groups is 2. The van der Waals surface area contributed by atoms with E-state index >= 15 is 0 Å². The van der Waals surface area contributed by atoms with Gasteiger partial charge < -0.3 is 9.47 Å². The molecule has 2 aliphatic rings. The molecule has 19 heavy (non-hydrogen) atoms. The van der Waals surface area contributed by atoms with Gasteiger partial charge in [-0.1, -0.05) is 0 Å². The van der Waals surface area contributed by atoms with Crippen molar-refractivity contribution in [2.45, 2.75) is 37.7 Å². The smallest absolute Gasteiger partial charge is 0.356 e. The van der Waals surface area contributed by atoms with Crippen LogP contribution in [0.15, 0.2) is 12.1 Å². The third kappa shape index (κ3) is 1.50. The fourth-order valence-corrected chi connectivity index (χ4v) is 2.84. The van der Waals surface area contributed by atoms with Gasteiger partial charge in [-0.25, -0.2) is 14.6 Å². The van der Waals surface area contributed by atoms with Gasteiger partial charge in [-0.3, -0.25) is 0 Å². The van der Waals surface area contributed by atoms with Crippen molar-refractivity contribution in [3.8, 4) is 0 Å². The molecule has 0 unspecified atom stereocenters. The lowest BCUT2D eigenvalue weighted by Crippen LogP contribution is -2.46. The van der Waals surface area contributed by atoms with Gasteiger partial charge in [0, 0.05) is 0 Å². The maximum absolute atomic E-state index is 12.0. The Balaban J connectivity index is 2.17. The molecule has 2 heterocycles. The van der Waals surface area contributed by atoms with Crippen LogP contribution in [0.2, 0.25) is 0 Å². The number of nitrogens with zero attached hydrogens (tertiary/aromatic N) is 1. The highest BCUT2D eigenvalue weighted by atomic mass is 16.6. The Morgan fingerprint density at radius 3 is 2.63 bits per heavy atom. The number of fused-ring (bicyclic) bond motifs is 2. The summed E-state index contributed by atoms with van der Waals surface area (Å²) < 4.78 is 10.2. The Morgan fingerprint density at radius 1 is 1.37 bits per heavy atom. The minimum absolute atomic E-state index is 0.234. The maximum atomic E-state index is 12.0. The molecule has 5 heteroatoms. The van der Waals surface area contributed by atoms with Crippen LogP contribution < -0.4 is 0 Å². The molecule has 1 aromatic rings. The molecule has 100 valence electrons. The third-order valence-corrected chi connectivity index (χ3v) is 4.21. The summed E-state index contributed by atoms with van der Waals surface area (Å²) in [6.07, 6.45) is 1.83. The maximum Gasteiger partial charge on any atom is 0.356 e. The first-order chi connectivity index (χ1) is 8.91. The molecule has 1 aromatic heterocycles. The first-order valence-corrected chi connectivity index (χ1v) is 6.24. The largest absolute Gasteiger partial charge is 0.464 e. The molecule has 1 saturated carbocycles. The molecule has 0 bridgehead atoms. The van der Waals surface area contributed by atoms with Crippen LogP contribution in [0.3, 0.4) is 0 Å². The number of carbonyl (C=O) groups excluding carboxylic acids is 2. The standard InChI is InChI=1S/C14H15NO4/c1-13(2)14(6-7-14)10-8(11(16)19-13)4-5-9(15-10)12(17)18-3/h4-5H,6-7H2,1-3H3. The normalized spacial score (nSPS) is 21.5. The van der Waals surface area contributed by atoms with Gasteiger partial charge in [0.1, 0.15) is 11.3 Å². The number of aromatic nitrogens is 1. The van der Waals surface area contributed by atoms with Crippen LogP contribution >= 0.6 is 0 Å². The predicted molar refractivity (Wildman–Crippen MR) is 66.0 cm³/mol. The number of methoxy groups -OCH3 is 1.